The summed E-state index contributed by atoms with van der Waals surface area (Å²) in [6, 6.07) is 4.31. The third kappa shape index (κ3) is 2.31. The number of fused-ring (bicyclic) bond motifs is 1. The van der Waals surface area contributed by atoms with Crippen LogP contribution in [0.3, 0.4) is 0 Å². The molecule has 0 radical (unpaired) electrons. The van der Waals surface area contributed by atoms with Gasteiger partial charge in [0.05, 0.1) is 11.2 Å². The number of amides is 1. The number of carbonyl (C=O) groups excluding carboxylic acids is 1. The molecule has 0 saturated carbocycles. The van der Waals surface area contributed by atoms with Gasteiger partial charge in [-0.1, -0.05) is 12.2 Å². The van der Waals surface area contributed by atoms with E-state index in [0.29, 0.717) is 0 Å². The Hall–Kier alpha value is -1.83. The molecule has 0 spiro atoms. The minimum Gasteiger partial charge on any atom is -0.299 e. The van der Waals surface area contributed by atoms with Crippen molar-refractivity contribution in [1.29, 1.82) is 0 Å². The van der Waals surface area contributed by atoms with Crippen molar-refractivity contribution >= 4 is 17.2 Å². The summed E-state index contributed by atoms with van der Waals surface area (Å²) in [5.74, 6) is 0.0331. The zero-order chi connectivity index (χ0) is 15.1. The van der Waals surface area contributed by atoms with Gasteiger partial charge in [-0.15, -0.1) is 0 Å². The molecule has 2 heteroatoms. The maximum absolute atomic E-state index is 12.5. The fourth-order valence-corrected chi connectivity index (χ4v) is 2.90. The van der Waals surface area contributed by atoms with E-state index in [2.05, 4.69) is 52.8 Å². The first-order chi connectivity index (χ1) is 9.27. The lowest BCUT2D eigenvalue weighted by atomic mass is 9.87. The predicted octanol–water partition coefficient (Wildman–Crippen LogP) is 4.41. The second-order valence-corrected chi connectivity index (χ2v) is 6.11. The molecule has 1 aromatic rings. The van der Waals surface area contributed by atoms with E-state index < -0.39 is 0 Å². The fourth-order valence-electron chi connectivity index (χ4n) is 2.90. The average molecular weight is 269 g/mol. The van der Waals surface area contributed by atoms with Gasteiger partial charge in [0.15, 0.2) is 0 Å². The first-order valence-electron chi connectivity index (χ1n) is 7.06. The Balaban J connectivity index is 2.70. The molecule has 1 aromatic carbocycles. The number of carbonyl (C=O) groups is 1. The summed E-state index contributed by atoms with van der Waals surface area (Å²) < 4.78 is 0. The summed E-state index contributed by atoms with van der Waals surface area (Å²) in [6.07, 6.45) is 5.60. The van der Waals surface area contributed by atoms with E-state index in [-0.39, 0.29) is 11.4 Å². The van der Waals surface area contributed by atoms with Crippen LogP contribution >= 0.6 is 0 Å². The van der Waals surface area contributed by atoms with Gasteiger partial charge in [-0.05, 0) is 76.5 Å². The van der Waals surface area contributed by atoms with Gasteiger partial charge in [0.1, 0.15) is 0 Å². The van der Waals surface area contributed by atoms with Gasteiger partial charge >= 0.3 is 0 Å². The Morgan fingerprint density at radius 3 is 2.35 bits per heavy atom. The van der Waals surface area contributed by atoms with Gasteiger partial charge < -0.3 is 0 Å². The molecule has 0 bridgehead atoms. The van der Waals surface area contributed by atoms with Gasteiger partial charge in [0.2, 0.25) is 0 Å². The van der Waals surface area contributed by atoms with Crippen LogP contribution in [0.4, 0.5) is 5.69 Å². The second-order valence-electron chi connectivity index (χ2n) is 6.11. The van der Waals surface area contributed by atoms with Crippen molar-refractivity contribution in [2.45, 2.75) is 47.1 Å². The summed E-state index contributed by atoms with van der Waals surface area (Å²) >= 11 is 0. The third-order valence-electron chi connectivity index (χ3n) is 3.95. The highest BCUT2D eigenvalue weighted by atomic mass is 16.2. The first kappa shape index (κ1) is 14.6. The number of aryl methyl sites for hydroxylation is 2. The first-order valence-corrected chi connectivity index (χ1v) is 7.06. The maximum atomic E-state index is 12.5. The van der Waals surface area contributed by atoms with Crippen LogP contribution in [0.5, 0.6) is 0 Å². The van der Waals surface area contributed by atoms with E-state index in [9.17, 15) is 4.79 Å². The smallest absolute Gasteiger partial charge is 0.251 e. The molecule has 0 fully saturated rings. The molecule has 0 aliphatic carbocycles. The molecule has 1 amide bonds. The molecular formula is C18H23NO. The normalized spacial score (nSPS) is 17.1. The fraction of sp³-hybridized carbons (Fsp3) is 0.389. The SMILES string of the molecule is C/C=C/C(=O)N1c2cc(C)c(C)cc2C(C)=CC1(C)C. The summed E-state index contributed by atoms with van der Waals surface area (Å²) in [4.78, 5) is 14.4. The standard InChI is InChI=1S/C18H23NO/c1-7-8-17(20)19-16-10-13(3)12(2)9-15(16)14(4)11-18(19,5)6/h7-11H,1-6H3/b8-7+. The molecule has 1 heterocycles. The average Bonchev–Trinajstić information content (AvgIpc) is 2.31. The Morgan fingerprint density at radius 2 is 1.75 bits per heavy atom. The van der Waals surface area contributed by atoms with Gasteiger partial charge in [-0.3, -0.25) is 9.69 Å². The van der Waals surface area contributed by atoms with Crippen LogP contribution in [0, 0.1) is 13.8 Å². The molecule has 0 atom stereocenters. The number of hydrogen-bond donors (Lipinski definition) is 0. The monoisotopic (exact) mass is 269 g/mol. The van der Waals surface area contributed by atoms with Crippen LogP contribution in [-0.4, -0.2) is 11.4 Å². The Bertz CT molecular complexity index is 621. The van der Waals surface area contributed by atoms with E-state index in [1.54, 1.807) is 12.2 Å². The number of anilines is 1. The second kappa shape index (κ2) is 4.93. The molecule has 0 unspecified atom stereocenters. The minimum absolute atomic E-state index is 0.0331. The molecule has 0 N–H and O–H groups in total. The number of allylic oxidation sites excluding steroid dienone is 2. The molecule has 106 valence electrons. The maximum Gasteiger partial charge on any atom is 0.251 e. The third-order valence-corrected chi connectivity index (χ3v) is 3.95. The molecule has 0 aromatic heterocycles. The lowest BCUT2D eigenvalue weighted by molar-refractivity contribution is -0.114. The molecule has 2 nitrogen and oxygen atoms in total. The zero-order valence-electron chi connectivity index (χ0n) is 13.2. The summed E-state index contributed by atoms with van der Waals surface area (Å²) in [7, 11) is 0. The Kier molecular flexibility index (Phi) is 3.59. The molecule has 20 heavy (non-hydrogen) atoms. The molecule has 1 aliphatic heterocycles. The van der Waals surface area contributed by atoms with Crippen LogP contribution in [-0.2, 0) is 4.79 Å². The molecular weight excluding hydrogens is 246 g/mol. The topological polar surface area (TPSA) is 20.3 Å². The largest absolute Gasteiger partial charge is 0.299 e. The van der Waals surface area contributed by atoms with Crippen molar-refractivity contribution in [3.05, 3.63) is 47.1 Å². The summed E-state index contributed by atoms with van der Waals surface area (Å²) in [5.41, 5.74) is 5.57. The quantitative estimate of drug-likeness (QED) is 0.692. The van der Waals surface area contributed by atoms with Crippen molar-refractivity contribution in [2.24, 2.45) is 0 Å². The molecule has 0 saturated heterocycles. The van der Waals surface area contributed by atoms with E-state index in [1.165, 1.54) is 16.7 Å². The molecule has 1 aliphatic rings. The predicted molar refractivity (Wildman–Crippen MR) is 85.9 cm³/mol. The lowest BCUT2D eigenvalue weighted by Crippen LogP contribution is -2.48. The highest BCUT2D eigenvalue weighted by Crippen LogP contribution is 2.40. The lowest BCUT2D eigenvalue weighted by Gasteiger charge is -2.41. The van der Waals surface area contributed by atoms with Crippen LogP contribution in [0.15, 0.2) is 30.4 Å². The molecule has 2 rings (SSSR count). The van der Waals surface area contributed by atoms with E-state index >= 15 is 0 Å². The van der Waals surface area contributed by atoms with Gasteiger partial charge in [-0.2, -0.15) is 0 Å². The van der Waals surface area contributed by atoms with Crippen molar-refractivity contribution in [1.82, 2.24) is 0 Å². The van der Waals surface area contributed by atoms with Crippen molar-refractivity contribution < 1.29 is 4.79 Å². The summed E-state index contributed by atoms with van der Waals surface area (Å²) in [5, 5.41) is 0. The highest BCUT2D eigenvalue weighted by Gasteiger charge is 2.34. The van der Waals surface area contributed by atoms with Crippen molar-refractivity contribution in [3.63, 3.8) is 0 Å². The zero-order valence-corrected chi connectivity index (χ0v) is 13.2. The number of rotatable bonds is 1. The van der Waals surface area contributed by atoms with E-state index in [1.807, 2.05) is 11.8 Å². The van der Waals surface area contributed by atoms with Crippen LogP contribution in [0.25, 0.3) is 5.57 Å². The summed E-state index contributed by atoms with van der Waals surface area (Å²) in [6.45, 7) is 12.4. The van der Waals surface area contributed by atoms with Crippen LogP contribution in [0.2, 0.25) is 0 Å². The number of nitrogens with zero attached hydrogens (tertiary/aromatic N) is 1. The number of hydrogen-bond acceptors (Lipinski definition) is 1. The minimum atomic E-state index is -0.310. The Morgan fingerprint density at radius 1 is 1.15 bits per heavy atom. The Labute approximate surface area is 121 Å². The van der Waals surface area contributed by atoms with Crippen LogP contribution in [0.1, 0.15) is 44.4 Å². The van der Waals surface area contributed by atoms with Crippen molar-refractivity contribution in [3.8, 4) is 0 Å². The van der Waals surface area contributed by atoms with Gasteiger partial charge in [0.25, 0.3) is 5.91 Å². The van der Waals surface area contributed by atoms with Crippen LogP contribution < -0.4 is 4.90 Å². The highest BCUT2D eigenvalue weighted by molar-refractivity contribution is 6.06. The van der Waals surface area contributed by atoms with E-state index in [4.69, 9.17) is 0 Å². The number of benzene rings is 1. The van der Waals surface area contributed by atoms with E-state index in [0.717, 1.165) is 11.3 Å². The van der Waals surface area contributed by atoms with Crippen molar-refractivity contribution in [2.75, 3.05) is 4.90 Å². The van der Waals surface area contributed by atoms with Gasteiger partial charge in [-0.25, -0.2) is 0 Å². The van der Waals surface area contributed by atoms with Gasteiger partial charge in [0, 0.05) is 5.56 Å².